The predicted molar refractivity (Wildman–Crippen MR) is 68.3 cm³/mol. The van der Waals surface area contributed by atoms with Crippen LogP contribution in [0.25, 0.3) is 0 Å². The third-order valence-electron chi connectivity index (χ3n) is 1.46. The van der Waals surface area contributed by atoms with E-state index in [1.807, 2.05) is 19.0 Å². The number of hydrogen-bond donors (Lipinski definition) is 2. The second-order valence-corrected chi connectivity index (χ2v) is 4.22. The van der Waals surface area contributed by atoms with Crippen LogP contribution in [0.2, 0.25) is 0 Å². The molecular weight excluding hydrogens is 280 g/mol. The average molecular weight is 291 g/mol. The Morgan fingerprint density at radius 1 is 1.73 bits per heavy atom. The zero-order chi connectivity index (χ0) is 11.4. The van der Waals surface area contributed by atoms with Crippen molar-refractivity contribution in [3.05, 3.63) is 16.3 Å². The molecule has 5 nitrogen and oxygen atoms in total. The molecule has 0 aliphatic rings. The number of nitrogens with zero attached hydrogens (tertiary/aromatic N) is 2. The van der Waals surface area contributed by atoms with Gasteiger partial charge in [0.2, 0.25) is 5.88 Å². The number of halogens is 1. The summed E-state index contributed by atoms with van der Waals surface area (Å²) in [4.78, 5) is 1.85. The number of nitrogens with two attached hydrogens (primary N) is 1. The lowest BCUT2D eigenvalue weighted by molar-refractivity contribution is 0.557. The van der Waals surface area contributed by atoms with Gasteiger partial charge in [0.1, 0.15) is 0 Å². The van der Waals surface area contributed by atoms with E-state index in [0.717, 1.165) is 10.4 Å². The summed E-state index contributed by atoms with van der Waals surface area (Å²) in [6.45, 7) is 0. The molecular formula is C8H11BrN4OS. The van der Waals surface area contributed by atoms with Gasteiger partial charge in [-0.25, -0.2) is 0 Å². The highest BCUT2D eigenvalue weighted by molar-refractivity contribution is 9.10. The number of hydrazone groups is 1. The molecule has 0 radical (unpaired) electrons. The van der Waals surface area contributed by atoms with Crippen molar-refractivity contribution in [2.45, 2.75) is 0 Å². The first-order valence-electron chi connectivity index (χ1n) is 4.06. The smallest absolute Gasteiger partial charge is 0.210 e. The van der Waals surface area contributed by atoms with Gasteiger partial charge < -0.3 is 15.1 Å². The van der Waals surface area contributed by atoms with E-state index in [1.165, 1.54) is 6.21 Å². The van der Waals surface area contributed by atoms with Gasteiger partial charge in [0.25, 0.3) is 0 Å². The van der Waals surface area contributed by atoms with Gasteiger partial charge in [-0.1, -0.05) is 0 Å². The first-order valence-corrected chi connectivity index (χ1v) is 5.26. The SMILES string of the molecule is CN(C)c1oc(C=NNC(N)=S)cc1Br. The molecule has 15 heavy (non-hydrogen) atoms. The zero-order valence-corrected chi connectivity index (χ0v) is 10.7. The molecule has 0 aliphatic carbocycles. The Morgan fingerprint density at radius 3 is 2.87 bits per heavy atom. The average Bonchev–Trinajstić information content (AvgIpc) is 2.46. The van der Waals surface area contributed by atoms with Crippen LogP contribution in [0, 0.1) is 0 Å². The van der Waals surface area contributed by atoms with Crippen molar-refractivity contribution in [3.63, 3.8) is 0 Å². The van der Waals surface area contributed by atoms with Crippen LogP contribution in [0.3, 0.4) is 0 Å². The van der Waals surface area contributed by atoms with Crippen molar-refractivity contribution >= 4 is 45.4 Å². The molecule has 3 N–H and O–H groups in total. The van der Waals surface area contributed by atoms with E-state index in [-0.39, 0.29) is 5.11 Å². The minimum Gasteiger partial charge on any atom is -0.438 e. The third kappa shape index (κ3) is 3.52. The first-order chi connectivity index (χ1) is 7.00. The van der Waals surface area contributed by atoms with Gasteiger partial charge in [-0.05, 0) is 28.1 Å². The Kier molecular flexibility index (Phi) is 4.10. The molecule has 0 saturated carbocycles. The van der Waals surface area contributed by atoms with Crippen molar-refractivity contribution in [2.75, 3.05) is 19.0 Å². The summed E-state index contributed by atoms with van der Waals surface area (Å²) in [6, 6.07) is 1.81. The highest BCUT2D eigenvalue weighted by Crippen LogP contribution is 2.27. The fraction of sp³-hybridized carbons (Fsp3) is 0.250. The van der Waals surface area contributed by atoms with Gasteiger partial charge in [-0.3, -0.25) is 5.43 Å². The molecule has 0 bridgehead atoms. The first kappa shape index (κ1) is 12.0. The Balaban J connectivity index is 2.75. The van der Waals surface area contributed by atoms with Gasteiger partial charge in [-0.2, -0.15) is 5.10 Å². The predicted octanol–water partition coefficient (Wildman–Crippen LogP) is 1.28. The van der Waals surface area contributed by atoms with E-state index in [0.29, 0.717) is 5.76 Å². The molecule has 1 aromatic rings. The van der Waals surface area contributed by atoms with Crippen molar-refractivity contribution in [3.8, 4) is 0 Å². The third-order valence-corrected chi connectivity index (χ3v) is 2.12. The van der Waals surface area contributed by atoms with Crippen LogP contribution in [0.1, 0.15) is 5.76 Å². The van der Waals surface area contributed by atoms with Crippen molar-refractivity contribution in [2.24, 2.45) is 10.8 Å². The zero-order valence-electron chi connectivity index (χ0n) is 8.32. The summed E-state index contributed by atoms with van der Waals surface area (Å²) >= 11 is 7.96. The number of nitrogens with one attached hydrogen (secondary N) is 1. The van der Waals surface area contributed by atoms with E-state index in [4.69, 9.17) is 10.2 Å². The van der Waals surface area contributed by atoms with Gasteiger partial charge in [-0.15, -0.1) is 0 Å². The standard InChI is InChI=1S/C8H11BrN4OS/c1-13(2)7-6(9)3-5(14-7)4-11-12-8(10)15/h3-4H,1-2H3,(H3,10,12,15). The number of furan rings is 1. The molecule has 0 spiro atoms. The summed E-state index contributed by atoms with van der Waals surface area (Å²) in [5.74, 6) is 1.33. The van der Waals surface area contributed by atoms with E-state index in [2.05, 4.69) is 38.7 Å². The Hall–Kier alpha value is -1.08. The molecule has 0 atom stereocenters. The van der Waals surface area contributed by atoms with Crippen LogP contribution < -0.4 is 16.1 Å². The van der Waals surface area contributed by atoms with Gasteiger partial charge in [0.15, 0.2) is 10.9 Å². The van der Waals surface area contributed by atoms with Crippen molar-refractivity contribution < 1.29 is 4.42 Å². The molecule has 0 saturated heterocycles. The Bertz CT molecular complexity index is 388. The molecule has 0 aliphatic heterocycles. The monoisotopic (exact) mass is 290 g/mol. The topological polar surface area (TPSA) is 66.8 Å². The second kappa shape index (κ2) is 5.13. The molecule has 0 aromatic carbocycles. The summed E-state index contributed by atoms with van der Waals surface area (Å²) in [5, 5.41) is 3.90. The fourth-order valence-corrected chi connectivity index (χ4v) is 1.62. The quantitative estimate of drug-likeness (QED) is 0.499. The van der Waals surface area contributed by atoms with E-state index < -0.39 is 0 Å². The maximum atomic E-state index is 5.46. The molecule has 0 unspecified atom stereocenters. The minimum absolute atomic E-state index is 0.115. The molecule has 7 heteroatoms. The maximum absolute atomic E-state index is 5.46. The van der Waals surface area contributed by atoms with Crippen LogP contribution in [-0.4, -0.2) is 25.4 Å². The van der Waals surface area contributed by atoms with Crippen LogP contribution in [-0.2, 0) is 0 Å². The highest BCUT2D eigenvalue weighted by Gasteiger charge is 2.08. The number of rotatable bonds is 3. The van der Waals surface area contributed by atoms with Gasteiger partial charge in [0.05, 0.1) is 10.7 Å². The minimum atomic E-state index is 0.115. The van der Waals surface area contributed by atoms with Crippen molar-refractivity contribution in [1.29, 1.82) is 0 Å². The largest absolute Gasteiger partial charge is 0.438 e. The lowest BCUT2D eigenvalue weighted by Crippen LogP contribution is -2.23. The number of anilines is 1. The number of thiocarbonyl (C=S) groups is 1. The van der Waals surface area contributed by atoms with E-state index in [9.17, 15) is 0 Å². The lowest BCUT2D eigenvalue weighted by Gasteiger charge is -2.07. The maximum Gasteiger partial charge on any atom is 0.210 e. The van der Waals surface area contributed by atoms with Gasteiger partial charge >= 0.3 is 0 Å². The molecule has 1 heterocycles. The van der Waals surface area contributed by atoms with Crippen LogP contribution in [0.15, 0.2) is 20.1 Å². The number of hydrogen-bond acceptors (Lipinski definition) is 4. The molecule has 0 amide bonds. The fourth-order valence-electron chi connectivity index (χ4n) is 0.905. The van der Waals surface area contributed by atoms with Crippen LogP contribution >= 0.6 is 28.1 Å². The van der Waals surface area contributed by atoms with E-state index >= 15 is 0 Å². The Labute approximate surface area is 101 Å². The summed E-state index contributed by atoms with van der Waals surface area (Å²) in [6.07, 6.45) is 1.50. The Morgan fingerprint density at radius 2 is 2.40 bits per heavy atom. The summed E-state index contributed by atoms with van der Waals surface area (Å²) in [5.41, 5.74) is 7.64. The molecule has 1 aromatic heterocycles. The summed E-state index contributed by atoms with van der Waals surface area (Å²) < 4.78 is 6.33. The summed E-state index contributed by atoms with van der Waals surface area (Å²) in [7, 11) is 3.77. The molecule has 0 fully saturated rings. The highest BCUT2D eigenvalue weighted by atomic mass is 79.9. The van der Waals surface area contributed by atoms with Crippen LogP contribution in [0.4, 0.5) is 5.88 Å². The second-order valence-electron chi connectivity index (χ2n) is 2.93. The normalized spacial score (nSPS) is 10.6. The lowest BCUT2D eigenvalue weighted by atomic mass is 10.5. The van der Waals surface area contributed by atoms with Crippen LogP contribution in [0.5, 0.6) is 0 Å². The van der Waals surface area contributed by atoms with Crippen molar-refractivity contribution in [1.82, 2.24) is 5.43 Å². The van der Waals surface area contributed by atoms with Gasteiger partial charge in [0, 0.05) is 20.2 Å². The van der Waals surface area contributed by atoms with E-state index in [1.54, 1.807) is 6.07 Å². The molecule has 82 valence electrons. The molecule has 1 rings (SSSR count).